The molecule has 1 amide bonds. The molecule has 2 fully saturated rings. The van der Waals surface area contributed by atoms with Crippen molar-refractivity contribution in [1.29, 1.82) is 0 Å². The summed E-state index contributed by atoms with van der Waals surface area (Å²) in [5, 5.41) is 11.7. The fourth-order valence-corrected chi connectivity index (χ4v) is 3.33. The molecule has 0 aromatic heterocycles. The largest absolute Gasteiger partial charge is 0.365 e. The number of aliphatic hydroxyl groups is 1. The van der Waals surface area contributed by atoms with Gasteiger partial charge >= 0.3 is 0 Å². The minimum absolute atomic E-state index is 0.00926. The van der Waals surface area contributed by atoms with Crippen LogP contribution in [0.3, 0.4) is 0 Å². The van der Waals surface area contributed by atoms with Gasteiger partial charge in [-0.3, -0.25) is 4.79 Å². The number of aliphatic hydroxyl groups excluding tert-OH is 1. The Kier molecular flexibility index (Phi) is 1.30. The summed E-state index contributed by atoms with van der Waals surface area (Å²) in [5.41, 5.74) is -0.685. The Morgan fingerprint density at radius 2 is 2.09 bits per heavy atom. The van der Waals surface area contributed by atoms with Crippen LogP contribution in [0.15, 0.2) is 0 Å². The zero-order chi connectivity index (χ0) is 8.22. The number of nitrogens with one attached hydrogen (secondary N) is 1. The Labute approximate surface area is 69.5 Å². The molecule has 3 nitrogen and oxygen atoms in total. The summed E-state index contributed by atoms with van der Waals surface area (Å²) >= 11 is 1.35. The Morgan fingerprint density at radius 1 is 1.55 bits per heavy atom. The van der Waals surface area contributed by atoms with E-state index >= 15 is 0 Å². The van der Waals surface area contributed by atoms with E-state index in [1.165, 1.54) is 11.8 Å². The third-order valence-electron chi connectivity index (χ3n) is 2.91. The fraction of sp³-hybridized carbons (Fsp3) is 0.857. The molecule has 1 aliphatic heterocycles. The Morgan fingerprint density at radius 3 is 2.27 bits per heavy atom. The predicted molar refractivity (Wildman–Crippen MR) is 42.8 cm³/mol. The topological polar surface area (TPSA) is 49.3 Å². The molecule has 1 aliphatic carbocycles. The summed E-state index contributed by atoms with van der Waals surface area (Å²) in [6.07, 6.45) is 0. The molecule has 62 valence electrons. The zero-order valence-electron chi connectivity index (χ0n) is 6.50. The monoisotopic (exact) mass is 173 g/mol. The van der Waals surface area contributed by atoms with E-state index in [4.69, 9.17) is 5.11 Å². The first-order valence-corrected chi connectivity index (χ1v) is 4.64. The maximum atomic E-state index is 11.3. The van der Waals surface area contributed by atoms with Crippen LogP contribution in [-0.4, -0.2) is 21.3 Å². The number of carbonyl (C=O) groups excluding carboxylic acids is 1. The van der Waals surface area contributed by atoms with Crippen LogP contribution in [0.2, 0.25) is 0 Å². The van der Waals surface area contributed by atoms with Crippen LogP contribution in [0, 0.1) is 11.8 Å². The average molecular weight is 173 g/mol. The number of amides is 1. The third kappa shape index (κ3) is 0.715. The van der Waals surface area contributed by atoms with Gasteiger partial charge in [0.2, 0.25) is 5.91 Å². The summed E-state index contributed by atoms with van der Waals surface area (Å²) < 4.78 is -0.292. The molecule has 1 saturated carbocycles. The van der Waals surface area contributed by atoms with Crippen LogP contribution in [0.25, 0.3) is 0 Å². The number of hydrogen-bond donors (Lipinski definition) is 2. The Hall–Kier alpha value is -0.220. The molecular weight excluding hydrogens is 162 g/mol. The molecule has 1 heterocycles. The smallest absolute Gasteiger partial charge is 0.239 e. The zero-order valence-corrected chi connectivity index (χ0v) is 7.31. The second-order valence-corrected chi connectivity index (χ2v) is 4.67. The van der Waals surface area contributed by atoms with Crippen molar-refractivity contribution in [3.8, 4) is 0 Å². The lowest BCUT2D eigenvalue weighted by molar-refractivity contribution is -0.122. The molecule has 2 aliphatic rings. The lowest BCUT2D eigenvalue weighted by Gasteiger charge is -2.00. The minimum Gasteiger partial charge on any atom is -0.365 e. The van der Waals surface area contributed by atoms with Crippen LogP contribution < -0.4 is 5.32 Å². The SMILES string of the molecule is CC1C(C)C12SC(O)NC2=O. The highest BCUT2D eigenvalue weighted by molar-refractivity contribution is 8.02. The number of carbonyl (C=O) groups is 1. The molecule has 1 spiro atoms. The van der Waals surface area contributed by atoms with Crippen molar-refractivity contribution in [2.24, 2.45) is 11.8 Å². The molecule has 11 heavy (non-hydrogen) atoms. The van der Waals surface area contributed by atoms with Crippen LogP contribution in [-0.2, 0) is 4.79 Å². The predicted octanol–water partition coefficient (Wildman–Crippen LogP) is 0.150. The van der Waals surface area contributed by atoms with E-state index in [0.29, 0.717) is 11.8 Å². The van der Waals surface area contributed by atoms with Crippen molar-refractivity contribution in [2.45, 2.75) is 24.2 Å². The van der Waals surface area contributed by atoms with E-state index in [2.05, 4.69) is 19.2 Å². The first kappa shape index (κ1) is 7.43. The van der Waals surface area contributed by atoms with Gasteiger partial charge in [-0.05, 0) is 11.8 Å². The highest BCUT2D eigenvalue weighted by atomic mass is 32.2. The Balaban J connectivity index is 2.23. The molecule has 0 radical (unpaired) electrons. The minimum atomic E-state index is -0.685. The number of hydrogen-bond acceptors (Lipinski definition) is 3. The van der Waals surface area contributed by atoms with E-state index in [9.17, 15) is 4.79 Å². The summed E-state index contributed by atoms with van der Waals surface area (Å²) in [7, 11) is 0. The third-order valence-corrected chi connectivity index (χ3v) is 4.57. The van der Waals surface area contributed by atoms with Crippen molar-refractivity contribution in [3.63, 3.8) is 0 Å². The van der Waals surface area contributed by atoms with Crippen molar-refractivity contribution < 1.29 is 9.90 Å². The molecular formula is C7H11NO2S. The van der Waals surface area contributed by atoms with Crippen molar-refractivity contribution >= 4 is 17.7 Å². The van der Waals surface area contributed by atoms with Gasteiger partial charge in [0, 0.05) is 0 Å². The van der Waals surface area contributed by atoms with Crippen LogP contribution in [0.4, 0.5) is 0 Å². The normalized spacial score (nSPS) is 54.8. The van der Waals surface area contributed by atoms with E-state index < -0.39 is 5.56 Å². The fourth-order valence-electron chi connectivity index (χ4n) is 1.86. The molecule has 4 heteroatoms. The summed E-state index contributed by atoms with van der Waals surface area (Å²) in [5.74, 6) is 0.823. The number of thioether (sulfide) groups is 1. The lowest BCUT2D eigenvalue weighted by atomic mass is 10.3. The van der Waals surface area contributed by atoms with E-state index in [1.54, 1.807) is 0 Å². The van der Waals surface area contributed by atoms with Gasteiger partial charge in [0.15, 0.2) is 5.56 Å². The van der Waals surface area contributed by atoms with Crippen LogP contribution in [0.1, 0.15) is 13.8 Å². The molecule has 2 rings (SSSR count). The second-order valence-electron chi connectivity index (χ2n) is 3.31. The van der Waals surface area contributed by atoms with Gasteiger partial charge < -0.3 is 10.4 Å². The first-order chi connectivity index (χ1) is 5.09. The maximum Gasteiger partial charge on any atom is 0.239 e. The molecule has 0 aromatic carbocycles. The van der Waals surface area contributed by atoms with Crippen molar-refractivity contribution in [3.05, 3.63) is 0 Å². The highest BCUT2D eigenvalue weighted by Crippen LogP contribution is 2.62. The highest BCUT2D eigenvalue weighted by Gasteiger charge is 2.69. The van der Waals surface area contributed by atoms with Crippen molar-refractivity contribution in [2.75, 3.05) is 0 Å². The van der Waals surface area contributed by atoms with Gasteiger partial charge in [-0.1, -0.05) is 25.6 Å². The molecule has 3 atom stereocenters. The van der Waals surface area contributed by atoms with Gasteiger partial charge in [0.25, 0.3) is 0 Å². The van der Waals surface area contributed by atoms with Gasteiger partial charge in [-0.15, -0.1) is 0 Å². The standard InChI is InChI=1S/C7H11NO2S/c1-3-4(2)7(3)5(9)8-6(10)11-7/h3-4,6,10H,1-2H3,(H,8,9). The quantitative estimate of drug-likeness (QED) is 0.548. The van der Waals surface area contributed by atoms with E-state index in [-0.39, 0.29) is 10.7 Å². The lowest BCUT2D eigenvalue weighted by Crippen LogP contribution is -2.29. The summed E-state index contributed by atoms with van der Waals surface area (Å²) in [4.78, 5) is 11.3. The molecule has 0 aromatic rings. The molecule has 3 unspecified atom stereocenters. The summed E-state index contributed by atoms with van der Waals surface area (Å²) in [6.45, 7) is 4.10. The van der Waals surface area contributed by atoms with Gasteiger partial charge in [0.1, 0.15) is 4.75 Å². The van der Waals surface area contributed by atoms with Gasteiger partial charge in [-0.25, -0.2) is 0 Å². The van der Waals surface area contributed by atoms with Gasteiger partial charge in [0.05, 0.1) is 0 Å². The van der Waals surface area contributed by atoms with E-state index in [0.717, 1.165) is 0 Å². The second kappa shape index (κ2) is 1.93. The number of rotatable bonds is 0. The average Bonchev–Trinajstić information content (AvgIpc) is 2.36. The van der Waals surface area contributed by atoms with Crippen molar-refractivity contribution in [1.82, 2.24) is 5.32 Å². The summed E-state index contributed by atoms with van der Waals surface area (Å²) in [6, 6.07) is 0. The molecule has 2 N–H and O–H groups in total. The van der Waals surface area contributed by atoms with Crippen LogP contribution in [0.5, 0.6) is 0 Å². The van der Waals surface area contributed by atoms with Gasteiger partial charge in [-0.2, -0.15) is 0 Å². The maximum absolute atomic E-state index is 11.3. The van der Waals surface area contributed by atoms with E-state index in [1.807, 2.05) is 0 Å². The van der Waals surface area contributed by atoms with Crippen LogP contribution >= 0.6 is 11.8 Å². The molecule has 1 saturated heterocycles. The molecule has 0 bridgehead atoms. The Bertz CT molecular complexity index is 210. The first-order valence-electron chi connectivity index (χ1n) is 3.76.